The van der Waals surface area contributed by atoms with E-state index in [2.05, 4.69) is 4.98 Å². The van der Waals surface area contributed by atoms with Crippen LogP contribution in [-0.4, -0.2) is 23.2 Å². The Hall–Kier alpha value is -1.53. The molecular weight excluding hydrogens is 270 g/mol. The normalized spacial score (nSPS) is 10.3. The van der Waals surface area contributed by atoms with E-state index < -0.39 is 5.97 Å². The van der Waals surface area contributed by atoms with Gasteiger partial charge >= 0.3 is 5.97 Å². The second-order valence-corrected chi connectivity index (χ2v) is 5.67. The largest absolute Gasteiger partial charge is 0.497 e. The number of methoxy groups -OCH3 is 1. The smallest absolute Gasteiger partial charge is 0.336 e. The summed E-state index contributed by atoms with van der Waals surface area (Å²) in [5, 5.41) is 11.1. The molecule has 0 atom stereocenters. The van der Waals surface area contributed by atoms with E-state index in [1.165, 1.54) is 23.1 Å². The number of aromatic carboxylic acids is 1. The van der Waals surface area contributed by atoms with Gasteiger partial charge in [-0.3, -0.25) is 0 Å². The van der Waals surface area contributed by atoms with E-state index in [0.29, 0.717) is 10.6 Å². The summed E-state index contributed by atoms with van der Waals surface area (Å²) in [4.78, 5) is 16.1. The van der Waals surface area contributed by atoms with Gasteiger partial charge in [0, 0.05) is 16.0 Å². The van der Waals surface area contributed by atoms with Crippen molar-refractivity contribution in [1.29, 1.82) is 0 Å². The molecule has 4 nitrogen and oxygen atoms in total. The van der Waals surface area contributed by atoms with Crippen molar-refractivity contribution in [2.24, 2.45) is 0 Å². The van der Waals surface area contributed by atoms with Crippen LogP contribution in [0.3, 0.4) is 0 Å². The topological polar surface area (TPSA) is 59.4 Å². The summed E-state index contributed by atoms with van der Waals surface area (Å²) in [5.41, 5.74) is 1.19. The molecule has 1 heterocycles. The van der Waals surface area contributed by atoms with Crippen molar-refractivity contribution >= 4 is 29.1 Å². The van der Waals surface area contributed by atoms with Gasteiger partial charge in [-0.2, -0.15) is 0 Å². The molecule has 0 unspecified atom stereocenters. The van der Waals surface area contributed by atoms with Crippen LogP contribution in [-0.2, 0) is 0 Å². The number of carboxylic acids is 1. The molecule has 0 fully saturated rings. The molecule has 0 aliphatic rings. The first-order chi connectivity index (χ1) is 8.60. The molecule has 2 aromatic rings. The first-order valence-corrected chi connectivity index (χ1v) is 6.81. The third-order valence-corrected chi connectivity index (χ3v) is 4.33. The van der Waals surface area contributed by atoms with E-state index in [4.69, 9.17) is 9.84 Å². The average Bonchev–Trinajstić information content (AvgIpc) is 2.74. The van der Waals surface area contributed by atoms with Gasteiger partial charge in [-0.05, 0) is 25.1 Å². The minimum Gasteiger partial charge on any atom is -0.497 e. The number of hydrogen-bond acceptors (Lipinski definition) is 5. The Labute approximate surface area is 113 Å². The summed E-state index contributed by atoms with van der Waals surface area (Å²) >= 11 is 2.84. The van der Waals surface area contributed by atoms with E-state index >= 15 is 0 Å². The SMILES string of the molecule is COc1ccc(C(=O)O)c(Sc2nc(C)cs2)c1. The van der Waals surface area contributed by atoms with Gasteiger partial charge in [0.25, 0.3) is 0 Å². The standard InChI is InChI=1S/C12H11NO3S2/c1-7-6-17-12(13-7)18-10-5-8(16-2)3-4-9(10)11(14)15/h3-6H,1-2H3,(H,14,15). The van der Waals surface area contributed by atoms with E-state index in [1.54, 1.807) is 25.3 Å². The Morgan fingerprint density at radius 1 is 1.50 bits per heavy atom. The zero-order valence-electron chi connectivity index (χ0n) is 9.84. The van der Waals surface area contributed by atoms with E-state index in [1.807, 2.05) is 12.3 Å². The van der Waals surface area contributed by atoms with Crippen LogP contribution in [0.5, 0.6) is 5.75 Å². The average molecular weight is 281 g/mol. The molecule has 0 saturated carbocycles. The second kappa shape index (κ2) is 5.41. The maximum absolute atomic E-state index is 11.1. The number of nitrogens with zero attached hydrogens (tertiary/aromatic N) is 1. The lowest BCUT2D eigenvalue weighted by Crippen LogP contribution is -1.99. The molecule has 1 N–H and O–H groups in total. The molecule has 0 amide bonds. The Morgan fingerprint density at radius 3 is 2.83 bits per heavy atom. The Bertz CT molecular complexity index is 580. The molecule has 0 radical (unpaired) electrons. The van der Waals surface area contributed by atoms with Gasteiger partial charge in [0.05, 0.1) is 12.7 Å². The lowest BCUT2D eigenvalue weighted by molar-refractivity contribution is 0.0693. The molecular formula is C12H11NO3S2. The molecule has 0 aliphatic carbocycles. The van der Waals surface area contributed by atoms with Crippen LogP contribution >= 0.6 is 23.1 Å². The predicted octanol–water partition coefficient (Wildman–Crippen LogP) is 3.31. The van der Waals surface area contributed by atoms with Crippen LogP contribution in [0.15, 0.2) is 32.8 Å². The first kappa shape index (κ1) is 12.9. The van der Waals surface area contributed by atoms with Crippen LogP contribution in [0.25, 0.3) is 0 Å². The van der Waals surface area contributed by atoms with Crippen LogP contribution in [0.4, 0.5) is 0 Å². The number of carboxylic acid groups (broad SMARTS) is 1. The van der Waals surface area contributed by atoms with Crippen molar-refractivity contribution in [3.63, 3.8) is 0 Å². The highest BCUT2D eigenvalue weighted by atomic mass is 32.2. The minimum atomic E-state index is -0.951. The first-order valence-electron chi connectivity index (χ1n) is 5.11. The van der Waals surface area contributed by atoms with Gasteiger partial charge in [0.15, 0.2) is 4.34 Å². The molecule has 6 heteroatoms. The maximum atomic E-state index is 11.1. The molecule has 0 aliphatic heterocycles. The van der Waals surface area contributed by atoms with E-state index in [-0.39, 0.29) is 5.56 Å². The zero-order chi connectivity index (χ0) is 13.1. The monoisotopic (exact) mass is 281 g/mol. The van der Waals surface area contributed by atoms with Gasteiger partial charge in [0.2, 0.25) is 0 Å². The molecule has 0 bridgehead atoms. The van der Waals surface area contributed by atoms with Crippen LogP contribution in [0, 0.1) is 6.92 Å². The molecule has 18 heavy (non-hydrogen) atoms. The third-order valence-electron chi connectivity index (χ3n) is 2.21. The highest BCUT2D eigenvalue weighted by molar-refractivity contribution is 8.01. The fourth-order valence-electron chi connectivity index (χ4n) is 1.36. The van der Waals surface area contributed by atoms with Gasteiger partial charge in [-0.25, -0.2) is 9.78 Å². The number of rotatable bonds is 4. The molecule has 0 saturated heterocycles. The van der Waals surface area contributed by atoms with Gasteiger partial charge in [-0.1, -0.05) is 11.8 Å². The van der Waals surface area contributed by atoms with Crippen molar-refractivity contribution in [1.82, 2.24) is 4.98 Å². The summed E-state index contributed by atoms with van der Waals surface area (Å²) in [6, 6.07) is 4.90. The van der Waals surface area contributed by atoms with Crippen molar-refractivity contribution < 1.29 is 14.6 Å². The van der Waals surface area contributed by atoms with E-state index in [0.717, 1.165) is 10.0 Å². The highest BCUT2D eigenvalue weighted by Crippen LogP contribution is 2.34. The van der Waals surface area contributed by atoms with Crippen molar-refractivity contribution in [2.75, 3.05) is 7.11 Å². The summed E-state index contributed by atoms with van der Waals surface area (Å²) < 4.78 is 5.93. The quantitative estimate of drug-likeness (QED) is 0.931. The third kappa shape index (κ3) is 2.83. The van der Waals surface area contributed by atoms with Crippen LogP contribution in [0.2, 0.25) is 0 Å². The predicted molar refractivity (Wildman–Crippen MR) is 70.9 cm³/mol. The molecule has 1 aromatic heterocycles. The number of carbonyl (C=O) groups is 1. The number of aryl methyl sites for hydroxylation is 1. The number of ether oxygens (including phenoxy) is 1. The number of hydrogen-bond donors (Lipinski definition) is 1. The van der Waals surface area contributed by atoms with Crippen molar-refractivity contribution in [3.8, 4) is 5.75 Å². The highest BCUT2D eigenvalue weighted by Gasteiger charge is 2.13. The van der Waals surface area contributed by atoms with Gasteiger partial charge in [0.1, 0.15) is 5.75 Å². The summed E-state index contributed by atoms with van der Waals surface area (Å²) in [6.07, 6.45) is 0. The fraction of sp³-hybridized carbons (Fsp3) is 0.167. The molecule has 2 rings (SSSR count). The van der Waals surface area contributed by atoms with Crippen LogP contribution < -0.4 is 4.74 Å². The van der Waals surface area contributed by atoms with Gasteiger partial charge < -0.3 is 9.84 Å². The summed E-state index contributed by atoms with van der Waals surface area (Å²) in [5.74, 6) is -0.316. The molecule has 94 valence electrons. The number of benzene rings is 1. The van der Waals surface area contributed by atoms with Crippen molar-refractivity contribution in [2.45, 2.75) is 16.2 Å². The van der Waals surface area contributed by atoms with Crippen molar-refractivity contribution in [3.05, 3.63) is 34.8 Å². The van der Waals surface area contributed by atoms with Crippen LogP contribution in [0.1, 0.15) is 16.1 Å². The minimum absolute atomic E-state index is 0.258. The Kier molecular flexibility index (Phi) is 3.88. The lowest BCUT2D eigenvalue weighted by Gasteiger charge is -2.06. The van der Waals surface area contributed by atoms with E-state index in [9.17, 15) is 4.79 Å². The number of thiazole rings is 1. The summed E-state index contributed by atoms with van der Waals surface area (Å²) in [7, 11) is 1.55. The second-order valence-electron chi connectivity index (χ2n) is 3.52. The summed E-state index contributed by atoms with van der Waals surface area (Å²) in [6.45, 7) is 1.91. The Balaban J connectivity index is 2.37. The number of aromatic nitrogens is 1. The molecule has 0 spiro atoms. The fourth-order valence-corrected chi connectivity index (χ4v) is 3.31. The van der Waals surface area contributed by atoms with Gasteiger partial charge in [-0.15, -0.1) is 11.3 Å². The Morgan fingerprint density at radius 2 is 2.28 bits per heavy atom. The lowest BCUT2D eigenvalue weighted by atomic mass is 10.2. The zero-order valence-corrected chi connectivity index (χ0v) is 11.5. The maximum Gasteiger partial charge on any atom is 0.336 e. The molecule has 1 aromatic carbocycles.